The van der Waals surface area contributed by atoms with Crippen molar-refractivity contribution in [2.75, 3.05) is 0 Å². The Morgan fingerprint density at radius 1 is 1.07 bits per heavy atom. The molecule has 4 aromatic rings. The van der Waals surface area contributed by atoms with Gasteiger partial charge in [-0.3, -0.25) is 4.79 Å². The number of fused-ring (bicyclic) bond motifs is 1. The smallest absolute Gasteiger partial charge is 0.272 e. The number of nitriles is 1. The van der Waals surface area contributed by atoms with Crippen molar-refractivity contribution in [3.05, 3.63) is 64.1 Å². The van der Waals surface area contributed by atoms with Crippen LogP contribution in [0.15, 0.2) is 51.8 Å². The molecule has 1 aliphatic carbocycles. The first-order valence-electron chi connectivity index (χ1n) is 10.0. The predicted molar refractivity (Wildman–Crippen MR) is 112 cm³/mol. The minimum atomic E-state index is -0.00943. The zero-order chi connectivity index (χ0) is 20.7. The van der Waals surface area contributed by atoms with Crippen molar-refractivity contribution in [3.63, 3.8) is 0 Å². The zero-order valence-electron chi connectivity index (χ0n) is 16.5. The Morgan fingerprint density at radius 2 is 1.80 bits per heavy atom. The van der Waals surface area contributed by atoms with Crippen LogP contribution in [0.5, 0.6) is 0 Å². The highest BCUT2D eigenvalue weighted by molar-refractivity contribution is 5.80. The Morgan fingerprint density at radius 3 is 2.53 bits per heavy atom. The highest BCUT2D eigenvalue weighted by Gasteiger charge is 2.22. The maximum Gasteiger partial charge on any atom is 0.272 e. The second-order valence-electron chi connectivity index (χ2n) is 7.63. The second-order valence-corrected chi connectivity index (χ2v) is 7.63. The highest BCUT2D eigenvalue weighted by atomic mass is 16.5. The first-order valence-corrected chi connectivity index (χ1v) is 10.0. The van der Waals surface area contributed by atoms with Gasteiger partial charge in [0.15, 0.2) is 0 Å². The molecule has 7 nitrogen and oxygen atoms in total. The molecule has 5 rings (SSSR count). The predicted octanol–water partition coefficient (Wildman–Crippen LogP) is 4.41. The molecule has 1 saturated carbocycles. The van der Waals surface area contributed by atoms with E-state index in [1.54, 1.807) is 31.2 Å². The van der Waals surface area contributed by atoms with E-state index in [1.807, 2.05) is 22.8 Å². The van der Waals surface area contributed by atoms with Gasteiger partial charge in [-0.1, -0.05) is 18.0 Å². The van der Waals surface area contributed by atoms with E-state index >= 15 is 0 Å². The van der Waals surface area contributed by atoms with Gasteiger partial charge >= 0.3 is 0 Å². The van der Waals surface area contributed by atoms with E-state index in [4.69, 9.17) is 9.78 Å². The fourth-order valence-corrected chi connectivity index (χ4v) is 4.14. The summed E-state index contributed by atoms with van der Waals surface area (Å²) in [6, 6.07) is 15.0. The van der Waals surface area contributed by atoms with Gasteiger partial charge in [0, 0.05) is 17.2 Å². The number of aryl methyl sites for hydroxylation is 1. The number of aromatic nitrogens is 4. The Bertz CT molecular complexity index is 1340. The van der Waals surface area contributed by atoms with Crippen molar-refractivity contribution < 1.29 is 4.52 Å². The molecular formula is C23H19N5O2. The largest absolute Gasteiger partial charge is 0.334 e. The van der Waals surface area contributed by atoms with Crippen LogP contribution < -0.4 is 5.56 Å². The van der Waals surface area contributed by atoms with Crippen LogP contribution in [0.2, 0.25) is 0 Å². The average molecular weight is 397 g/mol. The van der Waals surface area contributed by atoms with Crippen LogP contribution in [0.3, 0.4) is 0 Å². The van der Waals surface area contributed by atoms with E-state index in [9.17, 15) is 4.79 Å². The van der Waals surface area contributed by atoms with Gasteiger partial charge in [0.1, 0.15) is 5.69 Å². The lowest BCUT2D eigenvalue weighted by atomic mass is 10.1. The molecule has 2 aromatic carbocycles. The van der Waals surface area contributed by atoms with Crippen LogP contribution >= 0.6 is 0 Å². The van der Waals surface area contributed by atoms with E-state index in [0.717, 1.165) is 47.8 Å². The second kappa shape index (κ2) is 7.23. The van der Waals surface area contributed by atoms with Crippen molar-refractivity contribution in [1.29, 1.82) is 5.26 Å². The lowest BCUT2D eigenvalue weighted by molar-refractivity contribution is 0.432. The van der Waals surface area contributed by atoms with Gasteiger partial charge in [0.05, 0.1) is 22.7 Å². The van der Waals surface area contributed by atoms with Gasteiger partial charge in [-0.15, -0.1) is 0 Å². The van der Waals surface area contributed by atoms with Crippen molar-refractivity contribution >= 4 is 11.0 Å². The summed E-state index contributed by atoms with van der Waals surface area (Å²) in [5.74, 6) is 0.837. The van der Waals surface area contributed by atoms with Crippen molar-refractivity contribution in [2.24, 2.45) is 0 Å². The molecule has 0 saturated heterocycles. The van der Waals surface area contributed by atoms with Crippen LogP contribution in [0.25, 0.3) is 33.9 Å². The van der Waals surface area contributed by atoms with Gasteiger partial charge in [-0.2, -0.15) is 10.2 Å². The maximum absolute atomic E-state index is 12.8. The normalized spacial score (nSPS) is 14.3. The van der Waals surface area contributed by atoms with E-state index in [2.05, 4.69) is 21.2 Å². The molecule has 1 aliphatic rings. The summed E-state index contributed by atoms with van der Waals surface area (Å²) in [7, 11) is 0. The lowest BCUT2D eigenvalue weighted by Gasteiger charge is -2.17. The van der Waals surface area contributed by atoms with Gasteiger partial charge in [-0.25, -0.2) is 4.98 Å². The summed E-state index contributed by atoms with van der Waals surface area (Å²) in [5, 5.41) is 13.0. The van der Waals surface area contributed by atoms with E-state index in [-0.39, 0.29) is 11.6 Å². The Balaban J connectivity index is 1.56. The van der Waals surface area contributed by atoms with Crippen LogP contribution in [-0.4, -0.2) is 19.7 Å². The lowest BCUT2D eigenvalue weighted by Crippen LogP contribution is -2.26. The zero-order valence-corrected chi connectivity index (χ0v) is 16.5. The molecule has 7 heteroatoms. The molecule has 148 valence electrons. The number of hydrogen-bond acceptors (Lipinski definition) is 6. The SMILES string of the molecule is Cc1nc2cc(-c3noc(-c4ccc(C#N)cc4)n3)ccc2n(C2CCCC2)c1=O. The number of nitrogens with zero attached hydrogens (tertiary/aromatic N) is 5. The van der Waals surface area contributed by atoms with Crippen molar-refractivity contribution in [2.45, 2.75) is 38.6 Å². The molecule has 0 unspecified atom stereocenters. The molecule has 0 spiro atoms. The molecular weight excluding hydrogens is 378 g/mol. The molecule has 0 amide bonds. The molecule has 0 atom stereocenters. The topological polar surface area (TPSA) is 97.6 Å². The van der Waals surface area contributed by atoms with Crippen LogP contribution in [-0.2, 0) is 0 Å². The van der Waals surface area contributed by atoms with Crippen LogP contribution in [0, 0.1) is 18.3 Å². The summed E-state index contributed by atoms with van der Waals surface area (Å²) in [6.45, 7) is 1.76. The van der Waals surface area contributed by atoms with Crippen LogP contribution in [0.1, 0.15) is 43.0 Å². The van der Waals surface area contributed by atoms with Crippen molar-refractivity contribution in [1.82, 2.24) is 19.7 Å². The third kappa shape index (κ3) is 3.07. The maximum atomic E-state index is 12.8. The van der Waals surface area contributed by atoms with E-state index in [0.29, 0.717) is 23.0 Å². The first kappa shape index (κ1) is 18.3. The fraction of sp³-hybridized carbons (Fsp3) is 0.261. The summed E-state index contributed by atoms with van der Waals surface area (Å²) in [5.41, 5.74) is 4.18. The molecule has 0 radical (unpaired) electrons. The summed E-state index contributed by atoms with van der Waals surface area (Å²) < 4.78 is 7.33. The summed E-state index contributed by atoms with van der Waals surface area (Å²) in [4.78, 5) is 21.8. The molecule has 2 aromatic heterocycles. The number of hydrogen-bond donors (Lipinski definition) is 0. The number of benzene rings is 2. The minimum absolute atomic E-state index is 0.00943. The summed E-state index contributed by atoms with van der Waals surface area (Å²) in [6.07, 6.45) is 4.36. The average Bonchev–Trinajstić information content (AvgIpc) is 3.47. The van der Waals surface area contributed by atoms with Gasteiger partial charge < -0.3 is 9.09 Å². The summed E-state index contributed by atoms with van der Waals surface area (Å²) >= 11 is 0. The highest BCUT2D eigenvalue weighted by Crippen LogP contribution is 2.31. The van der Waals surface area contributed by atoms with Gasteiger partial charge in [0.25, 0.3) is 11.4 Å². The van der Waals surface area contributed by atoms with Gasteiger partial charge in [0.2, 0.25) is 5.82 Å². The van der Waals surface area contributed by atoms with Crippen LogP contribution in [0.4, 0.5) is 0 Å². The number of rotatable bonds is 3. The Kier molecular flexibility index (Phi) is 4.40. The standard InChI is InChI=1S/C23H19N5O2/c1-14-23(29)28(18-4-2-3-5-18)20-11-10-17(12-19(20)25-14)21-26-22(30-27-21)16-8-6-15(13-24)7-9-16/h6-12,18H,2-5H2,1H3. The third-order valence-electron chi connectivity index (χ3n) is 5.69. The molecule has 30 heavy (non-hydrogen) atoms. The Labute approximate surface area is 172 Å². The molecule has 2 heterocycles. The molecule has 0 aliphatic heterocycles. The van der Waals surface area contributed by atoms with Crippen molar-refractivity contribution in [3.8, 4) is 28.9 Å². The first-order chi connectivity index (χ1) is 14.6. The fourth-order valence-electron chi connectivity index (χ4n) is 4.14. The van der Waals surface area contributed by atoms with E-state index < -0.39 is 0 Å². The molecule has 1 fully saturated rings. The third-order valence-corrected chi connectivity index (χ3v) is 5.69. The molecule has 0 N–H and O–H groups in total. The minimum Gasteiger partial charge on any atom is -0.334 e. The Hall–Kier alpha value is -3.79. The molecule has 0 bridgehead atoms. The van der Waals surface area contributed by atoms with Gasteiger partial charge in [-0.05, 0) is 62.2 Å². The monoisotopic (exact) mass is 397 g/mol. The van der Waals surface area contributed by atoms with E-state index in [1.165, 1.54) is 0 Å². The quantitative estimate of drug-likeness (QED) is 0.508.